The van der Waals surface area contributed by atoms with E-state index in [1.165, 1.54) is 33.6 Å². The Morgan fingerprint density at radius 1 is 0.595 bits per heavy atom. The van der Waals surface area contributed by atoms with E-state index >= 15 is 0 Å². The third-order valence-corrected chi connectivity index (χ3v) is 7.54. The third-order valence-electron chi connectivity index (χ3n) is 7.54. The average molecular weight is 748 g/mol. The molecule has 3 rings (SSSR count). The number of anilines is 2. The number of rotatable bonds is 15. The van der Waals surface area contributed by atoms with Gasteiger partial charge in [0.15, 0.2) is 0 Å². The Kier molecular flexibility index (Phi) is 19.9. The number of benzene rings is 2. The molecule has 1 radical (unpaired) electrons. The molecule has 42 heavy (non-hydrogen) atoms. The average Bonchev–Trinajstić information content (AvgIpc) is 2.90. The molecule has 0 atom stereocenters. The van der Waals surface area contributed by atoms with Gasteiger partial charge in [-0.25, -0.2) is 0 Å². The van der Waals surface area contributed by atoms with Crippen molar-refractivity contribution in [3.63, 3.8) is 0 Å². The first-order chi connectivity index (χ1) is 18.7. The second kappa shape index (κ2) is 20.6. The summed E-state index contributed by atoms with van der Waals surface area (Å²) in [5.41, 5.74) is 9.45. The number of hydrogen-bond donors (Lipinski definition) is 2. The summed E-state index contributed by atoms with van der Waals surface area (Å²) in [5.74, 6) is 1.99. The van der Waals surface area contributed by atoms with Crippen LogP contribution in [0.4, 0.5) is 11.4 Å². The number of pyridine rings is 1. The van der Waals surface area contributed by atoms with Gasteiger partial charge in [-0.2, -0.15) is 0 Å². The molecule has 0 saturated heterocycles. The summed E-state index contributed by atoms with van der Waals surface area (Å²) < 4.78 is 0. The molecular weight excluding hydrogens is 695 g/mol. The van der Waals surface area contributed by atoms with Gasteiger partial charge < -0.3 is 44.6 Å². The SMILES string of the molecule is CC(C)c1cccc(C(C)C)c1NCCCN(CCNc1c(C(C)C)cccc1C(C)C)Cc1ccccn1.[Br-].[Br-].[Co+2]. The molecule has 1 heterocycles. The molecule has 0 unspecified atom stereocenters. The Morgan fingerprint density at radius 3 is 1.45 bits per heavy atom. The molecule has 0 bridgehead atoms. The van der Waals surface area contributed by atoms with E-state index in [2.05, 4.69) is 124 Å². The van der Waals surface area contributed by atoms with E-state index in [-0.39, 0.29) is 50.7 Å². The van der Waals surface area contributed by atoms with Gasteiger partial charge in [-0.15, -0.1) is 0 Å². The molecule has 0 aliphatic rings. The summed E-state index contributed by atoms with van der Waals surface area (Å²) in [7, 11) is 0. The van der Waals surface area contributed by atoms with Crippen LogP contribution in [-0.4, -0.2) is 36.1 Å². The first kappa shape index (κ1) is 40.6. The van der Waals surface area contributed by atoms with Gasteiger partial charge in [-0.3, -0.25) is 9.88 Å². The monoisotopic (exact) mass is 745 g/mol. The van der Waals surface area contributed by atoms with Crippen molar-refractivity contribution in [2.75, 3.05) is 36.8 Å². The standard InChI is InChI=1S/C35H52N4.2BrH.Co/c1-25(2)30-15-11-16-31(26(3)4)34(30)37-20-13-22-39(24-29-14-9-10-19-36-29)23-21-38-35-32(27(5)6)17-12-18-33(35)28(7)8;;;/h9-12,14-19,25-28,37-38H,13,20-24H2,1-8H3;2*1H;/q;;;+2/p-2. The van der Waals surface area contributed by atoms with Crippen LogP contribution in [0.15, 0.2) is 60.8 Å². The first-order valence-corrected chi connectivity index (χ1v) is 15.0. The van der Waals surface area contributed by atoms with Crippen LogP contribution in [0.1, 0.15) is 113 Å². The summed E-state index contributed by atoms with van der Waals surface area (Å²) >= 11 is 0. The van der Waals surface area contributed by atoms with E-state index in [1.807, 2.05) is 12.3 Å². The van der Waals surface area contributed by atoms with Gasteiger partial charge in [0.25, 0.3) is 0 Å². The van der Waals surface area contributed by atoms with E-state index in [0.717, 1.165) is 44.8 Å². The van der Waals surface area contributed by atoms with Crippen LogP contribution >= 0.6 is 0 Å². The topological polar surface area (TPSA) is 40.2 Å². The van der Waals surface area contributed by atoms with Crippen molar-refractivity contribution in [1.82, 2.24) is 9.88 Å². The fraction of sp³-hybridized carbons (Fsp3) is 0.514. The normalized spacial score (nSPS) is 11.0. The zero-order valence-corrected chi connectivity index (χ0v) is 31.0. The molecule has 4 nitrogen and oxygen atoms in total. The van der Waals surface area contributed by atoms with Crippen molar-refractivity contribution < 1.29 is 50.7 Å². The van der Waals surface area contributed by atoms with Gasteiger partial charge in [0.05, 0.1) is 5.69 Å². The predicted molar refractivity (Wildman–Crippen MR) is 170 cm³/mol. The van der Waals surface area contributed by atoms with E-state index in [9.17, 15) is 0 Å². The Morgan fingerprint density at radius 2 is 1.05 bits per heavy atom. The zero-order valence-electron chi connectivity index (χ0n) is 26.8. The summed E-state index contributed by atoms with van der Waals surface area (Å²) in [5, 5.41) is 7.67. The Balaban J connectivity index is 0.00000560. The molecule has 1 aromatic heterocycles. The van der Waals surface area contributed by atoms with Crippen molar-refractivity contribution in [3.05, 3.63) is 88.7 Å². The number of nitrogens with one attached hydrogen (secondary N) is 2. The minimum atomic E-state index is 0. The van der Waals surface area contributed by atoms with Crippen LogP contribution in [0.2, 0.25) is 0 Å². The number of para-hydroxylation sites is 2. The minimum absolute atomic E-state index is 0. The van der Waals surface area contributed by atoms with Crippen molar-refractivity contribution >= 4 is 11.4 Å². The third kappa shape index (κ3) is 12.0. The van der Waals surface area contributed by atoms with Gasteiger partial charge in [0.2, 0.25) is 0 Å². The van der Waals surface area contributed by atoms with Crippen LogP contribution in [0.5, 0.6) is 0 Å². The number of halogens is 2. The van der Waals surface area contributed by atoms with Crippen LogP contribution in [-0.2, 0) is 23.3 Å². The fourth-order valence-electron chi connectivity index (χ4n) is 5.36. The maximum atomic E-state index is 4.62. The molecule has 7 heteroatoms. The molecule has 0 aliphatic carbocycles. The van der Waals surface area contributed by atoms with Gasteiger partial charge in [0, 0.05) is 50.3 Å². The molecular formula is C35H52Br2CoN4. The van der Waals surface area contributed by atoms with Crippen LogP contribution in [0.25, 0.3) is 0 Å². The smallest absolute Gasteiger partial charge is 1.00 e. The fourth-order valence-corrected chi connectivity index (χ4v) is 5.36. The number of hydrogen-bond acceptors (Lipinski definition) is 4. The molecule has 3 aromatic rings. The second-order valence-corrected chi connectivity index (χ2v) is 12.0. The zero-order chi connectivity index (χ0) is 28.4. The molecule has 0 amide bonds. The molecule has 0 fully saturated rings. The number of aromatic nitrogens is 1. The summed E-state index contributed by atoms with van der Waals surface area (Å²) in [6.45, 7) is 23.0. The van der Waals surface area contributed by atoms with E-state index in [1.54, 1.807) is 0 Å². The summed E-state index contributed by atoms with van der Waals surface area (Å²) in [4.78, 5) is 7.16. The molecule has 0 spiro atoms. The van der Waals surface area contributed by atoms with Crippen LogP contribution < -0.4 is 44.6 Å². The summed E-state index contributed by atoms with van der Waals surface area (Å²) in [6, 6.07) is 19.7. The summed E-state index contributed by atoms with van der Waals surface area (Å²) in [6.07, 6.45) is 2.98. The van der Waals surface area contributed by atoms with Crippen LogP contribution in [0.3, 0.4) is 0 Å². The molecule has 2 aromatic carbocycles. The second-order valence-electron chi connectivity index (χ2n) is 12.0. The van der Waals surface area contributed by atoms with Crippen molar-refractivity contribution in [3.8, 4) is 0 Å². The Bertz CT molecular complexity index is 1100. The Labute approximate surface area is 288 Å². The van der Waals surface area contributed by atoms with Crippen LogP contribution in [0, 0.1) is 0 Å². The van der Waals surface area contributed by atoms with E-state index in [0.29, 0.717) is 23.7 Å². The minimum Gasteiger partial charge on any atom is -1.00 e. The van der Waals surface area contributed by atoms with Gasteiger partial charge in [-0.05, 0) is 64.5 Å². The predicted octanol–water partition coefficient (Wildman–Crippen LogP) is 3.00. The molecule has 235 valence electrons. The maximum absolute atomic E-state index is 4.62. The largest absolute Gasteiger partial charge is 2.00 e. The molecule has 0 aliphatic heterocycles. The quantitative estimate of drug-likeness (QED) is 0.235. The van der Waals surface area contributed by atoms with Gasteiger partial charge in [-0.1, -0.05) is 97.9 Å². The Hall–Kier alpha value is -1.38. The maximum Gasteiger partial charge on any atom is 2.00 e. The number of nitrogens with zero attached hydrogens (tertiary/aromatic N) is 2. The van der Waals surface area contributed by atoms with Crippen molar-refractivity contribution in [2.45, 2.75) is 92.0 Å². The van der Waals surface area contributed by atoms with Gasteiger partial charge in [0.1, 0.15) is 0 Å². The van der Waals surface area contributed by atoms with E-state index < -0.39 is 0 Å². The van der Waals surface area contributed by atoms with E-state index in [4.69, 9.17) is 0 Å². The van der Waals surface area contributed by atoms with Gasteiger partial charge >= 0.3 is 16.8 Å². The molecule has 2 N–H and O–H groups in total. The molecule has 0 saturated carbocycles. The van der Waals surface area contributed by atoms with Crippen molar-refractivity contribution in [1.29, 1.82) is 0 Å². The van der Waals surface area contributed by atoms with Crippen molar-refractivity contribution in [2.24, 2.45) is 0 Å². The first-order valence-electron chi connectivity index (χ1n) is 15.0.